The quantitative estimate of drug-likeness (QED) is 0.706. The first-order valence-corrected chi connectivity index (χ1v) is 9.43. The largest absolute Gasteiger partial charge is 0.488 e. The standard InChI is InChI=1S/C17H15F2N3O3S/c1-26(20,23)13-7-11(6-12(19)8-13)9-24-15-3-5-21-16-14(15)2-4-22-17(16)25-10-18/h2-8,20H,9-10H2,1H3/t26-/m1/s1. The van der Waals surface area contributed by atoms with Crippen LogP contribution in [0.25, 0.3) is 10.9 Å². The fourth-order valence-corrected chi connectivity index (χ4v) is 3.11. The Kier molecular flexibility index (Phi) is 4.99. The lowest BCUT2D eigenvalue weighted by molar-refractivity contribution is 0.187. The van der Waals surface area contributed by atoms with Crippen molar-refractivity contribution in [1.82, 2.24) is 9.97 Å². The van der Waals surface area contributed by atoms with Crippen molar-refractivity contribution in [3.8, 4) is 11.6 Å². The minimum atomic E-state index is -3.04. The van der Waals surface area contributed by atoms with E-state index in [1.54, 1.807) is 12.1 Å². The maximum absolute atomic E-state index is 13.7. The van der Waals surface area contributed by atoms with Crippen LogP contribution in [0.15, 0.2) is 47.6 Å². The number of rotatable bonds is 6. The zero-order chi connectivity index (χ0) is 18.7. The van der Waals surface area contributed by atoms with E-state index in [-0.39, 0.29) is 17.4 Å². The van der Waals surface area contributed by atoms with Crippen LogP contribution in [0, 0.1) is 10.6 Å². The van der Waals surface area contributed by atoms with E-state index < -0.39 is 22.4 Å². The van der Waals surface area contributed by atoms with Gasteiger partial charge in [0.1, 0.15) is 23.7 Å². The maximum atomic E-state index is 13.7. The molecule has 136 valence electrons. The molecule has 3 rings (SSSR count). The van der Waals surface area contributed by atoms with Crippen molar-refractivity contribution in [2.45, 2.75) is 11.5 Å². The molecule has 6 nitrogen and oxygen atoms in total. The highest BCUT2D eigenvalue weighted by atomic mass is 32.2. The van der Waals surface area contributed by atoms with Crippen molar-refractivity contribution in [2.75, 3.05) is 13.1 Å². The minimum Gasteiger partial charge on any atom is -0.488 e. The number of nitrogens with zero attached hydrogens (tertiary/aromatic N) is 2. The Hall–Kier alpha value is -2.81. The normalized spacial score (nSPS) is 13.3. The second-order valence-corrected chi connectivity index (χ2v) is 7.66. The molecule has 0 radical (unpaired) electrons. The summed E-state index contributed by atoms with van der Waals surface area (Å²) in [6, 6.07) is 7.04. The number of fused-ring (bicyclic) bond motifs is 1. The van der Waals surface area contributed by atoms with Crippen molar-refractivity contribution in [3.05, 3.63) is 54.1 Å². The second kappa shape index (κ2) is 7.20. The molecule has 2 aromatic heterocycles. The number of nitrogens with one attached hydrogen (secondary N) is 1. The van der Waals surface area contributed by atoms with Crippen LogP contribution in [-0.4, -0.2) is 27.3 Å². The number of ether oxygens (including phenoxy) is 2. The van der Waals surface area contributed by atoms with Gasteiger partial charge in [0.05, 0.1) is 14.6 Å². The molecule has 0 aliphatic heterocycles. The first-order valence-electron chi connectivity index (χ1n) is 7.47. The van der Waals surface area contributed by atoms with Gasteiger partial charge in [-0.15, -0.1) is 0 Å². The summed E-state index contributed by atoms with van der Waals surface area (Å²) in [6.45, 7) is -1.05. The number of alkyl halides is 1. The SMILES string of the molecule is C[S@@](=N)(=O)c1cc(F)cc(COc2ccnc3c(OCF)nccc23)c1. The third-order valence-corrected chi connectivity index (χ3v) is 4.69. The molecule has 2 heterocycles. The van der Waals surface area contributed by atoms with Gasteiger partial charge in [0.15, 0.2) is 0 Å². The summed E-state index contributed by atoms with van der Waals surface area (Å²) >= 11 is 0. The molecule has 0 aliphatic carbocycles. The number of pyridine rings is 2. The molecule has 1 atom stereocenters. The lowest BCUT2D eigenvalue weighted by atomic mass is 10.2. The van der Waals surface area contributed by atoms with Crippen LogP contribution in [0.5, 0.6) is 11.6 Å². The van der Waals surface area contributed by atoms with Gasteiger partial charge < -0.3 is 9.47 Å². The Labute approximate surface area is 148 Å². The molecule has 0 unspecified atom stereocenters. The molecular weight excluding hydrogens is 364 g/mol. The van der Waals surface area contributed by atoms with Crippen molar-refractivity contribution < 1.29 is 22.5 Å². The molecule has 0 saturated heterocycles. The monoisotopic (exact) mass is 379 g/mol. The maximum Gasteiger partial charge on any atom is 0.243 e. The van der Waals surface area contributed by atoms with E-state index >= 15 is 0 Å². The van der Waals surface area contributed by atoms with E-state index in [0.717, 1.165) is 6.07 Å². The first-order chi connectivity index (χ1) is 12.4. The molecule has 9 heteroatoms. The van der Waals surface area contributed by atoms with Gasteiger partial charge in [-0.2, -0.15) is 0 Å². The molecule has 0 aliphatic rings. The van der Waals surface area contributed by atoms with Crippen LogP contribution < -0.4 is 9.47 Å². The van der Waals surface area contributed by atoms with E-state index in [1.165, 1.54) is 30.8 Å². The summed E-state index contributed by atoms with van der Waals surface area (Å²) in [5.74, 6) is -0.121. The molecule has 0 bridgehead atoms. The predicted molar refractivity (Wildman–Crippen MR) is 91.9 cm³/mol. The van der Waals surface area contributed by atoms with Gasteiger partial charge in [-0.05, 0) is 35.9 Å². The Balaban J connectivity index is 1.91. The number of hydrogen-bond donors (Lipinski definition) is 1. The molecular formula is C17H15F2N3O3S. The highest BCUT2D eigenvalue weighted by Gasteiger charge is 2.11. The zero-order valence-corrected chi connectivity index (χ0v) is 14.6. The van der Waals surface area contributed by atoms with Crippen LogP contribution in [0.3, 0.4) is 0 Å². The zero-order valence-electron chi connectivity index (χ0n) is 13.7. The van der Waals surface area contributed by atoms with Crippen LogP contribution in [0.1, 0.15) is 5.56 Å². The average molecular weight is 379 g/mol. The van der Waals surface area contributed by atoms with Gasteiger partial charge in [0.25, 0.3) is 0 Å². The molecule has 1 aromatic carbocycles. The Morgan fingerprint density at radius 1 is 1.15 bits per heavy atom. The third kappa shape index (κ3) is 3.88. The van der Waals surface area contributed by atoms with Crippen molar-refractivity contribution in [1.29, 1.82) is 4.78 Å². The molecule has 0 amide bonds. The summed E-state index contributed by atoms with van der Waals surface area (Å²) in [7, 11) is -3.04. The molecule has 0 fully saturated rings. The van der Waals surface area contributed by atoms with E-state index in [0.29, 0.717) is 22.2 Å². The number of benzene rings is 1. The average Bonchev–Trinajstić information content (AvgIpc) is 2.59. The third-order valence-electron chi connectivity index (χ3n) is 3.55. The summed E-state index contributed by atoms with van der Waals surface area (Å²) in [5.41, 5.74) is 0.770. The van der Waals surface area contributed by atoms with E-state index in [4.69, 9.17) is 14.3 Å². The van der Waals surface area contributed by atoms with Crippen molar-refractivity contribution >= 4 is 20.6 Å². The Bertz CT molecular complexity index is 1060. The smallest absolute Gasteiger partial charge is 0.243 e. The predicted octanol–water partition coefficient (Wildman–Crippen LogP) is 3.69. The lowest BCUT2D eigenvalue weighted by Crippen LogP contribution is -2.02. The van der Waals surface area contributed by atoms with Gasteiger partial charge in [-0.3, -0.25) is 4.98 Å². The van der Waals surface area contributed by atoms with Gasteiger partial charge >= 0.3 is 0 Å². The molecule has 0 spiro atoms. The minimum absolute atomic E-state index is 0.0129. The Morgan fingerprint density at radius 3 is 2.65 bits per heavy atom. The Morgan fingerprint density at radius 2 is 1.92 bits per heavy atom. The number of halogens is 2. The van der Waals surface area contributed by atoms with Crippen molar-refractivity contribution in [2.24, 2.45) is 0 Å². The lowest BCUT2D eigenvalue weighted by Gasteiger charge is -2.11. The van der Waals surface area contributed by atoms with E-state index in [2.05, 4.69) is 9.97 Å². The molecule has 3 aromatic rings. The fourth-order valence-electron chi connectivity index (χ4n) is 2.40. The van der Waals surface area contributed by atoms with Gasteiger partial charge in [0.2, 0.25) is 12.7 Å². The highest BCUT2D eigenvalue weighted by molar-refractivity contribution is 7.91. The molecule has 0 saturated carbocycles. The van der Waals surface area contributed by atoms with E-state index in [1.807, 2.05) is 0 Å². The van der Waals surface area contributed by atoms with Gasteiger partial charge in [-0.1, -0.05) is 0 Å². The van der Waals surface area contributed by atoms with Crippen LogP contribution in [-0.2, 0) is 16.3 Å². The summed E-state index contributed by atoms with van der Waals surface area (Å²) in [4.78, 5) is 8.14. The topological polar surface area (TPSA) is 85.2 Å². The van der Waals surface area contributed by atoms with E-state index in [9.17, 15) is 13.0 Å². The first kappa shape index (κ1) is 18.0. The van der Waals surface area contributed by atoms with Crippen LogP contribution >= 0.6 is 0 Å². The molecule has 26 heavy (non-hydrogen) atoms. The molecule has 1 N–H and O–H groups in total. The van der Waals surface area contributed by atoms with Gasteiger partial charge in [0, 0.05) is 24.0 Å². The van der Waals surface area contributed by atoms with Crippen molar-refractivity contribution in [3.63, 3.8) is 0 Å². The summed E-state index contributed by atoms with van der Waals surface area (Å²) in [5, 5.41) is 0.558. The second-order valence-electron chi connectivity index (χ2n) is 5.50. The summed E-state index contributed by atoms with van der Waals surface area (Å²) in [6.07, 6.45) is 4.13. The number of aromatic nitrogens is 2. The van der Waals surface area contributed by atoms with Gasteiger partial charge in [-0.25, -0.2) is 22.8 Å². The fraction of sp³-hybridized carbons (Fsp3) is 0.176. The van der Waals surface area contributed by atoms with Crippen LogP contribution in [0.2, 0.25) is 0 Å². The summed E-state index contributed by atoms with van der Waals surface area (Å²) < 4.78 is 56.2. The number of hydrogen-bond acceptors (Lipinski definition) is 6. The van der Waals surface area contributed by atoms with Crippen LogP contribution in [0.4, 0.5) is 8.78 Å². The highest BCUT2D eigenvalue weighted by Crippen LogP contribution is 2.29.